The highest BCUT2D eigenvalue weighted by molar-refractivity contribution is 5.85. The summed E-state index contributed by atoms with van der Waals surface area (Å²) in [4.78, 5) is 2.29. The zero-order valence-corrected chi connectivity index (χ0v) is 13.3. The number of aromatic hydroxyl groups is 1. The third-order valence-corrected chi connectivity index (χ3v) is 3.94. The molecule has 0 aliphatic rings. The molecule has 23 heavy (non-hydrogen) atoms. The van der Waals surface area contributed by atoms with Crippen LogP contribution in [0.1, 0.15) is 11.1 Å². The van der Waals surface area contributed by atoms with Gasteiger partial charge in [0.15, 0.2) is 0 Å². The van der Waals surface area contributed by atoms with Gasteiger partial charge in [0, 0.05) is 13.1 Å². The fourth-order valence-electron chi connectivity index (χ4n) is 2.74. The van der Waals surface area contributed by atoms with Crippen LogP contribution in [-0.4, -0.2) is 23.6 Å². The summed E-state index contributed by atoms with van der Waals surface area (Å²) < 4.78 is 0. The van der Waals surface area contributed by atoms with Crippen LogP contribution < -0.4 is 0 Å². The Morgan fingerprint density at radius 3 is 2.48 bits per heavy atom. The number of nitrogens with zero attached hydrogens (tertiary/aromatic N) is 1. The fraction of sp³-hybridized carbons (Fsp3) is 0.143. The van der Waals surface area contributed by atoms with E-state index in [0.29, 0.717) is 5.75 Å². The molecular formula is C21H21NO. The van der Waals surface area contributed by atoms with Crippen molar-refractivity contribution in [3.8, 4) is 5.75 Å². The van der Waals surface area contributed by atoms with Crippen LogP contribution in [0, 0.1) is 0 Å². The van der Waals surface area contributed by atoms with Crippen molar-refractivity contribution in [2.45, 2.75) is 6.54 Å². The number of hydrogen-bond donors (Lipinski definition) is 1. The van der Waals surface area contributed by atoms with Gasteiger partial charge in [-0.2, -0.15) is 0 Å². The van der Waals surface area contributed by atoms with E-state index in [-0.39, 0.29) is 0 Å². The molecule has 0 fully saturated rings. The molecule has 0 radical (unpaired) electrons. The lowest BCUT2D eigenvalue weighted by Gasteiger charge is -2.16. The van der Waals surface area contributed by atoms with E-state index in [1.807, 2.05) is 12.1 Å². The Balaban J connectivity index is 1.64. The number of phenols is 1. The van der Waals surface area contributed by atoms with E-state index in [2.05, 4.69) is 66.6 Å². The van der Waals surface area contributed by atoms with E-state index < -0.39 is 0 Å². The smallest absolute Gasteiger partial charge is 0.115 e. The molecule has 2 nitrogen and oxygen atoms in total. The maximum absolute atomic E-state index is 9.29. The van der Waals surface area contributed by atoms with Crippen LogP contribution in [0.3, 0.4) is 0 Å². The topological polar surface area (TPSA) is 23.5 Å². The van der Waals surface area contributed by atoms with Crippen LogP contribution in [-0.2, 0) is 6.54 Å². The average molecular weight is 303 g/mol. The molecule has 116 valence electrons. The highest BCUT2D eigenvalue weighted by atomic mass is 16.3. The van der Waals surface area contributed by atoms with Crippen molar-refractivity contribution in [1.82, 2.24) is 4.90 Å². The molecule has 3 aromatic carbocycles. The van der Waals surface area contributed by atoms with Gasteiger partial charge in [-0.1, -0.05) is 66.7 Å². The fourth-order valence-corrected chi connectivity index (χ4v) is 2.74. The van der Waals surface area contributed by atoms with E-state index in [0.717, 1.165) is 18.7 Å². The summed E-state index contributed by atoms with van der Waals surface area (Å²) in [6, 6.07) is 22.2. The number of phenolic OH excluding ortho intramolecular Hbond substituents is 1. The first-order valence-electron chi connectivity index (χ1n) is 7.83. The molecule has 0 amide bonds. The SMILES string of the molecule is CN(C/C=C/c1ccc(O)cc1)Cc1cccc2ccccc12. The van der Waals surface area contributed by atoms with Crippen molar-refractivity contribution in [3.63, 3.8) is 0 Å². The third-order valence-electron chi connectivity index (χ3n) is 3.94. The molecule has 3 rings (SSSR count). The number of rotatable bonds is 5. The molecule has 3 aromatic rings. The van der Waals surface area contributed by atoms with Crippen LogP contribution >= 0.6 is 0 Å². The van der Waals surface area contributed by atoms with Gasteiger partial charge in [-0.05, 0) is 41.1 Å². The maximum atomic E-state index is 9.29. The lowest BCUT2D eigenvalue weighted by Crippen LogP contribution is -2.17. The van der Waals surface area contributed by atoms with Crippen molar-refractivity contribution >= 4 is 16.8 Å². The van der Waals surface area contributed by atoms with Crippen LogP contribution in [0.15, 0.2) is 72.8 Å². The number of benzene rings is 3. The minimum atomic E-state index is 0.301. The molecule has 0 aliphatic heterocycles. The van der Waals surface area contributed by atoms with Crippen LogP contribution in [0.25, 0.3) is 16.8 Å². The van der Waals surface area contributed by atoms with Crippen molar-refractivity contribution in [2.75, 3.05) is 13.6 Å². The second-order valence-electron chi connectivity index (χ2n) is 5.83. The average Bonchev–Trinajstić information content (AvgIpc) is 2.57. The Morgan fingerprint density at radius 1 is 0.913 bits per heavy atom. The molecule has 1 N–H and O–H groups in total. The summed E-state index contributed by atoms with van der Waals surface area (Å²) in [5.74, 6) is 0.301. The summed E-state index contributed by atoms with van der Waals surface area (Å²) in [6.45, 7) is 1.80. The molecule has 0 bridgehead atoms. The van der Waals surface area contributed by atoms with Crippen molar-refractivity contribution < 1.29 is 5.11 Å². The molecule has 0 heterocycles. The highest BCUT2D eigenvalue weighted by Crippen LogP contribution is 2.19. The molecule has 0 aliphatic carbocycles. The molecule has 0 saturated heterocycles. The standard InChI is InChI=1S/C21H21NO/c1-22(15-5-6-17-11-13-20(23)14-12-17)16-19-9-4-8-18-7-2-3-10-21(18)19/h2-14,23H,15-16H2,1H3/b6-5+. The number of fused-ring (bicyclic) bond motifs is 1. The zero-order valence-electron chi connectivity index (χ0n) is 13.3. The van der Waals surface area contributed by atoms with Crippen molar-refractivity contribution in [2.24, 2.45) is 0 Å². The first-order valence-corrected chi connectivity index (χ1v) is 7.83. The van der Waals surface area contributed by atoms with Gasteiger partial charge in [0.05, 0.1) is 0 Å². The molecule has 0 spiro atoms. The Morgan fingerprint density at radius 2 is 1.65 bits per heavy atom. The van der Waals surface area contributed by atoms with Crippen LogP contribution in [0.5, 0.6) is 5.75 Å². The third kappa shape index (κ3) is 3.99. The lowest BCUT2D eigenvalue weighted by molar-refractivity contribution is 0.365. The lowest BCUT2D eigenvalue weighted by atomic mass is 10.0. The van der Waals surface area contributed by atoms with Gasteiger partial charge in [-0.15, -0.1) is 0 Å². The molecule has 0 unspecified atom stereocenters. The van der Waals surface area contributed by atoms with E-state index in [9.17, 15) is 5.11 Å². The maximum Gasteiger partial charge on any atom is 0.115 e. The first-order chi connectivity index (χ1) is 11.2. The Kier molecular flexibility index (Phi) is 4.74. The monoisotopic (exact) mass is 303 g/mol. The van der Waals surface area contributed by atoms with Gasteiger partial charge >= 0.3 is 0 Å². The summed E-state index contributed by atoms with van der Waals surface area (Å²) in [7, 11) is 2.13. The van der Waals surface area contributed by atoms with Gasteiger partial charge < -0.3 is 5.11 Å². The second kappa shape index (κ2) is 7.12. The molecule has 0 aromatic heterocycles. The van der Waals surface area contributed by atoms with Gasteiger partial charge in [0.1, 0.15) is 5.75 Å². The second-order valence-corrected chi connectivity index (χ2v) is 5.83. The Labute approximate surface area is 137 Å². The summed E-state index contributed by atoms with van der Waals surface area (Å²) in [6.07, 6.45) is 4.23. The van der Waals surface area contributed by atoms with E-state index in [4.69, 9.17) is 0 Å². The van der Waals surface area contributed by atoms with E-state index >= 15 is 0 Å². The zero-order chi connectivity index (χ0) is 16.1. The minimum absolute atomic E-state index is 0.301. The van der Waals surface area contributed by atoms with E-state index in [1.165, 1.54) is 16.3 Å². The van der Waals surface area contributed by atoms with Crippen LogP contribution in [0.4, 0.5) is 0 Å². The quantitative estimate of drug-likeness (QED) is 0.739. The number of hydrogen-bond acceptors (Lipinski definition) is 2. The van der Waals surface area contributed by atoms with Gasteiger partial charge in [-0.3, -0.25) is 4.90 Å². The highest BCUT2D eigenvalue weighted by Gasteiger charge is 2.03. The Hall–Kier alpha value is -2.58. The minimum Gasteiger partial charge on any atom is -0.508 e. The molecule has 0 atom stereocenters. The normalized spacial score (nSPS) is 11.6. The van der Waals surface area contributed by atoms with Gasteiger partial charge in [0.2, 0.25) is 0 Å². The van der Waals surface area contributed by atoms with Gasteiger partial charge in [0.25, 0.3) is 0 Å². The molecule has 2 heteroatoms. The summed E-state index contributed by atoms with van der Waals surface area (Å²) in [5.41, 5.74) is 2.45. The van der Waals surface area contributed by atoms with Crippen molar-refractivity contribution in [3.05, 3.63) is 83.9 Å². The molecular weight excluding hydrogens is 282 g/mol. The van der Waals surface area contributed by atoms with Crippen molar-refractivity contribution in [1.29, 1.82) is 0 Å². The predicted octanol–water partition coefficient (Wildman–Crippen LogP) is 4.69. The predicted molar refractivity (Wildman–Crippen MR) is 97.4 cm³/mol. The first kappa shape index (κ1) is 15.3. The largest absolute Gasteiger partial charge is 0.508 e. The summed E-state index contributed by atoms with van der Waals surface area (Å²) in [5, 5.41) is 11.9. The summed E-state index contributed by atoms with van der Waals surface area (Å²) >= 11 is 0. The Bertz CT molecular complexity index is 800. The van der Waals surface area contributed by atoms with E-state index in [1.54, 1.807) is 12.1 Å². The van der Waals surface area contributed by atoms with Crippen LogP contribution in [0.2, 0.25) is 0 Å². The number of likely N-dealkylation sites (N-methyl/N-ethyl adjacent to an activating group) is 1. The molecule has 0 saturated carbocycles. The van der Waals surface area contributed by atoms with Gasteiger partial charge in [-0.25, -0.2) is 0 Å².